The fraction of sp³-hybridized carbons (Fsp3) is 0.833. The second-order valence-corrected chi connectivity index (χ2v) is 10.9. The summed E-state index contributed by atoms with van der Waals surface area (Å²) in [6.07, 6.45) is 0. The topological polar surface area (TPSA) is 259 Å². The maximum Gasteiger partial charge on any atom is 0.343 e. The number of epoxide rings is 1. The van der Waals surface area contributed by atoms with Gasteiger partial charge in [0, 0.05) is 0 Å². The molecule has 0 bridgehead atoms. The van der Waals surface area contributed by atoms with Crippen molar-refractivity contribution in [2.24, 2.45) is 21.7 Å². The van der Waals surface area contributed by atoms with Crippen LogP contribution in [0.5, 0.6) is 0 Å². The van der Waals surface area contributed by atoms with Gasteiger partial charge in [-0.1, -0.05) is 0 Å². The number of esters is 4. The second-order valence-electron chi connectivity index (χ2n) is 10.9. The van der Waals surface area contributed by atoms with Crippen molar-refractivity contribution in [3.05, 3.63) is 0 Å². The summed E-state index contributed by atoms with van der Waals surface area (Å²) in [5, 5.41) is 66.6. The maximum absolute atomic E-state index is 12.7. The first-order chi connectivity index (χ1) is 18.6. The molecule has 0 aromatic heterocycles. The van der Waals surface area contributed by atoms with Crippen molar-refractivity contribution in [1.29, 1.82) is 0 Å². The second kappa shape index (κ2) is 14.5. The molecule has 0 amide bonds. The molecule has 1 heterocycles. The average molecular weight is 585 g/mol. The van der Waals surface area contributed by atoms with E-state index in [1.54, 1.807) is 0 Å². The first-order valence-electron chi connectivity index (χ1n) is 12.2. The van der Waals surface area contributed by atoms with E-state index in [0.717, 1.165) is 0 Å². The van der Waals surface area contributed by atoms with Crippen LogP contribution in [0, 0.1) is 21.7 Å². The first kappa shape index (κ1) is 35.6. The summed E-state index contributed by atoms with van der Waals surface area (Å²) in [7, 11) is 0. The first-order valence-corrected chi connectivity index (χ1v) is 12.2. The summed E-state index contributed by atoms with van der Waals surface area (Å²) >= 11 is 0. The lowest BCUT2D eigenvalue weighted by molar-refractivity contribution is -0.185. The van der Waals surface area contributed by atoms with Crippen LogP contribution in [-0.2, 0) is 42.9 Å². The van der Waals surface area contributed by atoms with Gasteiger partial charge in [-0.05, 0) is 20.8 Å². The fourth-order valence-electron chi connectivity index (χ4n) is 2.68. The zero-order chi connectivity index (χ0) is 30.8. The number of ether oxygens (including phenoxy) is 5. The summed E-state index contributed by atoms with van der Waals surface area (Å²) in [5.74, 6) is -4.39. The molecule has 232 valence electrons. The third kappa shape index (κ3) is 8.29. The number of carbonyl (C=O) groups is 4. The van der Waals surface area contributed by atoms with E-state index in [1.807, 2.05) is 0 Å². The van der Waals surface area contributed by atoms with Gasteiger partial charge in [0.2, 0.25) is 5.60 Å². The Balaban J connectivity index is 3.39. The van der Waals surface area contributed by atoms with E-state index in [-0.39, 0.29) is 6.61 Å². The molecule has 0 spiro atoms. The van der Waals surface area contributed by atoms with Gasteiger partial charge in [-0.25, -0.2) is 4.79 Å². The van der Waals surface area contributed by atoms with Crippen molar-refractivity contribution in [2.45, 2.75) is 26.4 Å². The standard InChI is InChI=1S/C24H40O16/c1-20(4-25,5-26)16(32)36-11-23(12-37-17(33)21(2,6-27)7-28,13-38-18(34)22(3,8-29)9-30)14-39-19(35)24(10-31)15-40-24/h25-31H,4-15H2,1-3H3. The molecule has 0 aromatic rings. The van der Waals surface area contributed by atoms with Gasteiger partial charge in [0.1, 0.15) is 48.1 Å². The minimum atomic E-state index is -1.88. The van der Waals surface area contributed by atoms with Gasteiger partial charge >= 0.3 is 23.9 Å². The van der Waals surface area contributed by atoms with E-state index in [0.29, 0.717) is 0 Å². The lowest BCUT2D eigenvalue weighted by atomic mass is 9.89. The van der Waals surface area contributed by atoms with Gasteiger partial charge in [-0.15, -0.1) is 0 Å². The van der Waals surface area contributed by atoms with Crippen LogP contribution < -0.4 is 0 Å². The molecule has 16 nitrogen and oxygen atoms in total. The van der Waals surface area contributed by atoms with Gasteiger partial charge in [-0.3, -0.25) is 14.4 Å². The molecule has 16 heteroatoms. The Hall–Kier alpha value is -2.44. The predicted molar refractivity (Wildman–Crippen MR) is 129 cm³/mol. The Morgan fingerprint density at radius 2 is 0.875 bits per heavy atom. The van der Waals surface area contributed by atoms with E-state index in [2.05, 4.69) is 0 Å². The molecule has 0 aliphatic carbocycles. The van der Waals surface area contributed by atoms with Gasteiger partial charge in [-0.2, -0.15) is 0 Å². The molecule has 1 aliphatic heterocycles. The molecular weight excluding hydrogens is 544 g/mol. The maximum atomic E-state index is 12.7. The van der Waals surface area contributed by atoms with E-state index in [4.69, 9.17) is 23.7 Å². The smallest absolute Gasteiger partial charge is 0.343 e. The van der Waals surface area contributed by atoms with E-state index in [1.165, 1.54) is 20.8 Å². The van der Waals surface area contributed by atoms with Crippen molar-refractivity contribution >= 4 is 23.9 Å². The van der Waals surface area contributed by atoms with Crippen molar-refractivity contribution in [1.82, 2.24) is 0 Å². The Morgan fingerprint density at radius 1 is 0.600 bits per heavy atom. The number of hydrogen-bond donors (Lipinski definition) is 7. The van der Waals surface area contributed by atoms with Crippen LogP contribution in [0.1, 0.15) is 20.8 Å². The Labute approximate surface area is 230 Å². The van der Waals surface area contributed by atoms with Crippen molar-refractivity contribution in [3.63, 3.8) is 0 Å². The predicted octanol–water partition coefficient (Wildman–Crippen LogP) is -4.12. The van der Waals surface area contributed by atoms with Crippen LogP contribution in [0.15, 0.2) is 0 Å². The lowest BCUT2D eigenvalue weighted by Gasteiger charge is -2.35. The molecule has 1 atom stereocenters. The summed E-state index contributed by atoms with van der Waals surface area (Å²) in [6.45, 7) is -5.39. The highest BCUT2D eigenvalue weighted by Crippen LogP contribution is 2.31. The van der Waals surface area contributed by atoms with Crippen LogP contribution >= 0.6 is 0 Å². The molecule has 1 saturated heterocycles. The van der Waals surface area contributed by atoms with Crippen molar-refractivity contribution < 1.29 is 78.6 Å². The highest BCUT2D eigenvalue weighted by atomic mass is 16.7. The minimum Gasteiger partial charge on any atom is -0.464 e. The van der Waals surface area contributed by atoms with Crippen molar-refractivity contribution in [3.8, 4) is 0 Å². The van der Waals surface area contributed by atoms with Crippen LogP contribution in [0.3, 0.4) is 0 Å². The molecule has 0 saturated carbocycles. The summed E-state index contributed by atoms with van der Waals surface area (Å²) < 4.78 is 25.9. The molecule has 40 heavy (non-hydrogen) atoms. The third-order valence-electron chi connectivity index (χ3n) is 6.73. The van der Waals surface area contributed by atoms with Crippen LogP contribution in [0.25, 0.3) is 0 Å². The average Bonchev–Trinajstić information content (AvgIpc) is 3.79. The van der Waals surface area contributed by atoms with Crippen LogP contribution in [0.4, 0.5) is 0 Å². The third-order valence-corrected chi connectivity index (χ3v) is 6.73. The molecule has 0 radical (unpaired) electrons. The van der Waals surface area contributed by atoms with Gasteiger partial charge in [0.15, 0.2) is 0 Å². The number of hydrogen-bond acceptors (Lipinski definition) is 16. The normalized spacial score (nSPS) is 17.6. The Bertz CT molecular complexity index is 787. The molecule has 1 aliphatic rings. The summed E-state index contributed by atoms with van der Waals surface area (Å²) in [4.78, 5) is 50.5. The monoisotopic (exact) mass is 584 g/mol. The SMILES string of the molecule is CC(CO)(CO)C(=O)OCC(COC(=O)C(C)(CO)CO)(COC(=O)C(C)(CO)CO)COC(=O)C1(CO)CO1. The largest absolute Gasteiger partial charge is 0.464 e. The van der Waals surface area contributed by atoms with Gasteiger partial charge in [0.05, 0.1) is 52.9 Å². The van der Waals surface area contributed by atoms with Crippen LogP contribution in [-0.4, -0.2) is 145 Å². The highest BCUT2D eigenvalue weighted by molar-refractivity contribution is 5.82. The van der Waals surface area contributed by atoms with E-state index >= 15 is 0 Å². The van der Waals surface area contributed by atoms with E-state index in [9.17, 15) is 54.9 Å². The number of carbonyl (C=O) groups excluding carboxylic acids is 4. The highest BCUT2D eigenvalue weighted by Gasteiger charge is 2.54. The number of aliphatic hydroxyl groups excluding tert-OH is 7. The van der Waals surface area contributed by atoms with Gasteiger partial charge < -0.3 is 59.4 Å². The molecule has 7 N–H and O–H groups in total. The summed E-state index contributed by atoms with van der Waals surface area (Å²) in [5.41, 5.74) is -8.82. The molecule has 1 rings (SSSR count). The quantitative estimate of drug-likeness (QED) is 0.0432. The zero-order valence-corrected chi connectivity index (χ0v) is 22.8. The lowest BCUT2D eigenvalue weighted by Crippen LogP contribution is -2.49. The summed E-state index contributed by atoms with van der Waals surface area (Å²) in [6, 6.07) is 0. The van der Waals surface area contributed by atoms with E-state index < -0.39 is 124 Å². The molecular formula is C24H40O16. The minimum absolute atomic E-state index is 0.156. The van der Waals surface area contributed by atoms with Gasteiger partial charge in [0.25, 0.3) is 0 Å². The van der Waals surface area contributed by atoms with Crippen molar-refractivity contribution in [2.75, 3.05) is 79.3 Å². The number of aliphatic hydroxyl groups is 7. The Morgan fingerprint density at radius 3 is 1.10 bits per heavy atom. The Kier molecular flexibility index (Phi) is 12.9. The molecule has 1 fully saturated rings. The fourth-order valence-corrected chi connectivity index (χ4v) is 2.68. The molecule has 0 aromatic carbocycles. The number of rotatable bonds is 19. The zero-order valence-electron chi connectivity index (χ0n) is 22.8. The van der Waals surface area contributed by atoms with Crippen LogP contribution in [0.2, 0.25) is 0 Å². The molecule has 1 unspecified atom stereocenters.